The Morgan fingerprint density at radius 2 is 1.63 bits per heavy atom. The highest BCUT2D eigenvalue weighted by Crippen LogP contribution is 2.35. The molecule has 0 spiro atoms. The highest BCUT2D eigenvalue weighted by atomic mass is 35.5. The molecule has 0 bridgehead atoms. The van der Waals surface area contributed by atoms with Gasteiger partial charge in [0.05, 0.1) is 10.7 Å². The topological polar surface area (TPSA) is 58.8 Å². The van der Waals surface area contributed by atoms with Crippen LogP contribution in [0.3, 0.4) is 0 Å². The number of hydrogen-bond donors (Lipinski definition) is 1. The summed E-state index contributed by atoms with van der Waals surface area (Å²) in [5.74, 6) is 1.45. The maximum absolute atomic E-state index is 12.2. The Morgan fingerprint density at radius 1 is 1.07 bits per heavy atom. The molecule has 0 radical (unpaired) electrons. The number of nitrogen functional groups attached to an aromatic ring is 1. The van der Waals surface area contributed by atoms with E-state index in [1.807, 2.05) is 37.8 Å². The molecule has 2 aliphatic heterocycles. The van der Waals surface area contributed by atoms with Crippen molar-refractivity contribution in [1.29, 1.82) is 0 Å². The van der Waals surface area contributed by atoms with Gasteiger partial charge in [-0.3, -0.25) is 0 Å². The van der Waals surface area contributed by atoms with E-state index in [4.69, 9.17) is 22.1 Å². The van der Waals surface area contributed by atoms with Crippen molar-refractivity contribution in [3.8, 4) is 0 Å². The minimum absolute atomic E-state index is 0.170. The van der Waals surface area contributed by atoms with E-state index in [0.29, 0.717) is 16.6 Å². The zero-order valence-electron chi connectivity index (χ0n) is 16.7. The second-order valence-corrected chi connectivity index (χ2v) is 9.24. The first-order valence-corrected chi connectivity index (χ1v) is 10.4. The number of rotatable bonds is 2. The Hall–Kier alpha value is -1.62. The lowest BCUT2D eigenvalue weighted by Crippen LogP contribution is -2.44. The van der Waals surface area contributed by atoms with Crippen molar-refractivity contribution in [3.63, 3.8) is 0 Å². The summed E-state index contributed by atoms with van der Waals surface area (Å²) in [6, 6.07) is 5.91. The van der Waals surface area contributed by atoms with E-state index >= 15 is 0 Å². The number of hydrogen-bond acceptors (Lipinski definition) is 4. The molecule has 5 nitrogen and oxygen atoms in total. The molecule has 2 heterocycles. The van der Waals surface area contributed by atoms with Crippen molar-refractivity contribution >= 4 is 29.1 Å². The highest BCUT2D eigenvalue weighted by molar-refractivity contribution is 6.33. The quantitative estimate of drug-likeness (QED) is 0.734. The van der Waals surface area contributed by atoms with E-state index in [1.165, 1.54) is 12.8 Å². The minimum Gasteiger partial charge on any atom is -0.444 e. The predicted molar refractivity (Wildman–Crippen MR) is 111 cm³/mol. The molecule has 2 aliphatic rings. The summed E-state index contributed by atoms with van der Waals surface area (Å²) in [5, 5.41) is 0.629. The van der Waals surface area contributed by atoms with Gasteiger partial charge in [0.2, 0.25) is 0 Å². The van der Waals surface area contributed by atoms with E-state index in [9.17, 15) is 4.79 Å². The van der Waals surface area contributed by atoms with Gasteiger partial charge in [-0.05, 0) is 76.5 Å². The van der Waals surface area contributed by atoms with Crippen LogP contribution in [-0.4, -0.2) is 42.8 Å². The number of carbonyl (C=O) groups is 1. The third-order valence-corrected chi connectivity index (χ3v) is 6.07. The SMILES string of the molecule is CC(C)(C)OC(=O)N1CCC(C2CCN(c3ccc(N)c(Cl)c3)CC2)CC1. The van der Waals surface area contributed by atoms with E-state index in [2.05, 4.69) is 11.0 Å². The average molecular weight is 394 g/mol. The summed E-state index contributed by atoms with van der Waals surface area (Å²) >= 11 is 6.17. The number of piperidine rings is 2. The van der Waals surface area contributed by atoms with Crippen LogP contribution in [-0.2, 0) is 4.74 Å². The molecule has 6 heteroatoms. The lowest BCUT2D eigenvalue weighted by atomic mass is 9.79. The number of carbonyl (C=O) groups excluding carboxylic acids is 1. The fourth-order valence-electron chi connectivity index (χ4n) is 4.22. The molecule has 0 atom stereocenters. The molecular weight excluding hydrogens is 362 g/mol. The Bertz CT molecular complexity index is 658. The molecule has 1 aromatic carbocycles. The minimum atomic E-state index is -0.425. The normalized spacial score (nSPS) is 20.0. The number of amides is 1. The molecule has 2 saturated heterocycles. The zero-order valence-corrected chi connectivity index (χ0v) is 17.5. The van der Waals surface area contributed by atoms with Gasteiger partial charge in [-0.25, -0.2) is 4.79 Å². The van der Waals surface area contributed by atoms with Gasteiger partial charge in [0.25, 0.3) is 0 Å². The predicted octanol–water partition coefficient (Wildman–Crippen LogP) is 4.79. The van der Waals surface area contributed by atoms with Crippen LogP contribution in [0.1, 0.15) is 46.5 Å². The number of anilines is 2. The van der Waals surface area contributed by atoms with Crippen LogP contribution >= 0.6 is 11.6 Å². The van der Waals surface area contributed by atoms with Crippen LogP contribution < -0.4 is 10.6 Å². The van der Waals surface area contributed by atoms with Crippen molar-refractivity contribution in [2.24, 2.45) is 11.8 Å². The van der Waals surface area contributed by atoms with Gasteiger partial charge in [-0.2, -0.15) is 0 Å². The number of nitrogens with two attached hydrogens (primary N) is 1. The number of ether oxygens (including phenoxy) is 1. The van der Waals surface area contributed by atoms with Crippen molar-refractivity contribution in [2.75, 3.05) is 36.8 Å². The lowest BCUT2D eigenvalue weighted by molar-refractivity contribution is 0.0152. The van der Waals surface area contributed by atoms with Crippen LogP contribution in [0.2, 0.25) is 5.02 Å². The van der Waals surface area contributed by atoms with Crippen LogP contribution in [0.4, 0.5) is 16.2 Å². The van der Waals surface area contributed by atoms with Gasteiger partial charge < -0.3 is 20.3 Å². The molecule has 150 valence electrons. The number of benzene rings is 1. The molecule has 1 aromatic rings. The molecule has 1 amide bonds. The molecule has 27 heavy (non-hydrogen) atoms. The standard InChI is InChI=1S/C21H32ClN3O2/c1-21(2,3)27-20(26)25-12-8-16(9-13-25)15-6-10-24(11-7-15)17-4-5-19(23)18(22)14-17/h4-5,14-16H,6-13,23H2,1-3H3. The lowest BCUT2D eigenvalue weighted by Gasteiger charge is -2.41. The molecule has 0 saturated carbocycles. The Morgan fingerprint density at radius 3 is 2.15 bits per heavy atom. The number of likely N-dealkylation sites (tertiary alicyclic amines) is 1. The Labute approximate surface area is 167 Å². The summed E-state index contributed by atoms with van der Waals surface area (Å²) in [6.07, 6.45) is 4.38. The third kappa shape index (κ3) is 5.22. The summed E-state index contributed by atoms with van der Waals surface area (Å²) in [5.41, 5.74) is 7.18. The van der Waals surface area contributed by atoms with Crippen molar-refractivity contribution < 1.29 is 9.53 Å². The number of nitrogens with zero attached hydrogens (tertiary/aromatic N) is 2. The van der Waals surface area contributed by atoms with Gasteiger partial charge in [0.15, 0.2) is 0 Å². The summed E-state index contributed by atoms with van der Waals surface area (Å²) < 4.78 is 5.50. The maximum atomic E-state index is 12.2. The average Bonchev–Trinajstić information content (AvgIpc) is 2.63. The number of halogens is 1. The van der Waals surface area contributed by atoms with Crippen LogP contribution in [0, 0.1) is 11.8 Å². The second-order valence-electron chi connectivity index (χ2n) is 8.84. The van der Waals surface area contributed by atoms with Crippen LogP contribution in [0.25, 0.3) is 0 Å². The Balaban J connectivity index is 1.47. The molecule has 3 rings (SSSR count). The molecular formula is C21H32ClN3O2. The maximum Gasteiger partial charge on any atom is 0.410 e. The second kappa shape index (κ2) is 8.17. The first kappa shape index (κ1) is 20.1. The van der Waals surface area contributed by atoms with E-state index in [-0.39, 0.29) is 6.09 Å². The Kier molecular flexibility index (Phi) is 6.09. The van der Waals surface area contributed by atoms with Crippen molar-refractivity contribution in [3.05, 3.63) is 23.2 Å². The summed E-state index contributed by atoms with van der Waals surface area (Å²) in [6.45, 7) is 9.48. The molecule has 2 fully saturated rings. The molecule has 2 N–H and O–H groups in total. The summed E-state index contributed by atoms with van der Waals surface area (Å²) in [4.78, 5) is 16.5. The first-order valence-electron chi connectivity index (χ1n) is 10.0. The van der Waals surface area contributed by atoms with Crippen molar-refractivity contribution in [1.82, 2.24) is 4.90 Å². The van der Waals surface area contributed by atoms with Gasteiger partial charge in [-0.15, -0.1) is 0 Å². The van der Waals surface area contributed by atoms with Gasteiger partial charge in [0.1, 0.15) is 5.60 Å². The zero-order chi connectivity index (χ0) is 19.6. The highest BCUT2D eigenvalue weighted by Gasteiger charge is 2.32. The van der Waals surface area contributed by atoms with E-state index < -0.39 is 5.60 Å². The van der Waals surface area contributed by atoms with E-state index in [0.717, 1.165) is 50.6 Å². The van der Waals surface area contributed by atoms with Crippen LogP contribution in [0.5, 0.6) is 0 Å². The summed E-state index contributed by atoms with van der Waals surface area (Å²) in [7, 11) is 0. The fourth-order valence-corrected chi connectivity index (χ4v) is 4.40. The third-order valence-electron chi connectivity index (χ3n) is 5.75. The van der Waals surface area contributed by atoms with Crippen LogP contribution in [0.15, 0.2) is 18.2 Å². The molecule has 0 aliphatic carbocycles. The van der Waals surface area contributed by atoms with Gasteiger partial charge >= 0.3 is 6.09 Å². The molecule has 0 unspecified atom stereocenters. The van der Waals surface area contributed by atoms with Gasteiger partial charge in [-0.1, -0.05) is 11.6 Å². The molecule has 0 aromatic heterocycles. The largest absolute Gasteiger partial charge is 0.444 e. The van der Waals surface area contributed by atoms with Gasteiger partial charge in [0, 0.05) is 31.9 Å². The first-order chi connectivity index (χ1) is 12.7. The van der Waals surface area contributed by atoms with E-state index in [1.54, 1.807) is 0 Å². The fraction of sp³-hybridized carbons (Fsp3) is 0.667. The smallest absolute Gasteiger partial charge is 0.410 e. The monoisotopic (exact) mass is 393 g/mol. The van der Waals surface area contributed by atoms with Crippen molar-refractivity contribution in [2.45, 2.75) is 52.1 Å².